The third-order valence-corrected chi connectivity index (χ3v) is 7.07. The average Bonchev–Trinajstić information content (AvgIpc) is 3.17. The topological polar surface area (TPSA) is 120 Å². The predicted octanol–water partition coefficient (Wildman–Crippen LogP) is 4.33. The van der Waals surface area contributed by atoms with Crippen molar-refractivity contribution in [1.82, 2.24) is 20.9 Å². The molecule has 4 N–H and O–H groups in total. The SMILES string of the molecule is [2H]c1c([2H])c([2H])c(C([2H])([2H])[C@@H](C[C@H](O)[C@@]([2H])(NC(=O)COc2c(C)cccc2C)C([2H])([2H])c2c([2H])c([2H])c([2H])c([2H])c2[2H])NC(=O)[C@H](C(C)C)N2CCCNC2=O)c([2H])c1[2H]. The second-order valence-electron chi connectivity index (χ2n) is 11.0. The predicted molar refractivity (Wildman–Crippen MR) is 180 cm³/mol. The number of nitrogens with zero attached hydrogens (tertiary/aromatic N) is 1. The van der Waals surface area contributed by atoms with Gasteiger partial charge in [-0.3, -0.25) is 9.59 Å². The van der Waals surface area contributed by atoms with E-state index >= 15 is 0 Å². The van der Waals surface area contributed by atoms with Gasteiger partial charge in [0.1, 0.15) is 11.8 Å². The zero-order valence-electron chi connectivity index (χ0n) is 41.1. The molecule has 4 amide bonds. The van der Waals surface area contributed by atoms with Crippen LogP contribution in [0.2, 0.25) is 0 Å². The summed E-state index contributed by atoms with van der Waals surface area (Å²) < 4.78 is 135. The maximum atomic E-state index is 14.3. The van der Waals surface area contributed by atoms with Gasteiger partial charge < -0.3 is 30.7 Å². The molecule has 1 saturated heterocycles. The number of benzene rings is 3. The molecule has 0 aliphatic carbocycles. The molecule has 9 heteroatoms. The quantitative estimate of drug-likeness (QED) is 0.197. The van der Waals surface area contributed by atoms with Crippen LogP contribution in [0.15, 0.2) is 78.6 Å². The molecule has 0 unspecified atom stereocenters. The number of aliphatic hydroxyl groups excluding tert-OH is 1. The first-order chi connectivity index (χ1) is 28.1. The Labute approximate surface area is 293 Å². The highest BCUT2D eigenvalue weighted by atomic mass is 16.5. The molecule has 3 aromatic rings. The Morgan fingerprint density at radius 1 is 1.02 bits per heavy atom. The van der Waals surface area contributed by atoms with Crippen LogP contribution in [0.1, 0.15) is 69.5 Å². The van der Waals surface area contributed by atoms with Gasteiger partial charge in [0.05, 0.1) is 27.2 Å². The molecule has 3 aromatic carbocycles. The van der Waals surface area contributed by atoms with E-state index in [0.29, 0.717) is 24.1 Å². The summed E-state index contributed by atoms with van der Waals surface area (Å²) in [6.07, 6.45) is -10.5. The molecule has 46 heavy (non-hydrogen) atoms. The van der Waals surface area contributed by atoms with Crippen LogP contribution in [0.4, 0.5) is 4.79 Å². The number of rotatable bonds is 15. The number of amides is 4. The number of urea groups is 1. The van der Waals surface area contributed by atoms with Crippen LogP contribution in [0.3, 0.4) is 0 Å². The van der Waals surface area contributed by atoms with E-state index in [1.54, 1.807) is 45.9 Å². The first-order valence-corrected chi connectivity index (χ1v) is 14.8. The standard InChI is InChI=1S/C37H48N4O5/c1-25(2)34(41-20-12-19-38-37(41)45)36(44)39-30(21-28-15-7-5-8-16-28)23-32(42)31(22-29-17-9-6-10-18-29)40-33(43)24-46-35-26(3)13-11-14-27(35)4/h5-11,13-18,25,30-32,34,42H,12,19-24H2,1-4H3,(H,38,45)(H,39,44)(H,40,43)/t30-,31-,32-,34-/m0/s1/i5D,6D,7D,8D,9D,10D,15D,16D,17D,18D,21D2,22D2,31D. The van der Waals surface area contributed by atoms with E-state index in [9.17, 15) is 26.3 Å². The van der Waals surface area contributed by atoms with Crippen molar-refractivity contribution in [2.24, 2.45) is 5.92 Å². The van der Waals surface area contributed by atoms with E-state index in [2.05, 4.69) is 10.6 Å². The molecule has 9 nitrogen and oxygen atoms in total. The summed E-state index contributed by atoms with van der Waals surface area (Å²) in [5.74, 6) is -2.71. The van der Waals surface area contributed by atoms with Gasteiger partial charge in [-0.25, -0.2) is 4.79 Å². The van der Waals surface area contributed by atoms with Gasteiger partial charge in [0.15, 0.2) is 6.61 Å². The summed E-state index contributed by atoms with van der Waals surface area (Å²) >= 11 is 0. The largest absolute Gasteiger partial charge is 0.483 e. The lowest BCUT2D eigenvalue weighted by Crippen LogP contribution is -2.59. The molecule has 1 fully saturated rings. The monoisotopic (exact) mass is 643 g/mol. The summed E-state index contributed by atoms with van der Waals surface area (Å²) in [6, 6.07) is -12.8. The van der Waals surface area contributed by atoms with Crippen LogP contribution in [0.5, 0.6) is 5.75 Å². The van der Waals surface area contributed by atoms with Gasteiger partial charge in [-0.1, -0.05) is 92.5 Å². The van der Waals surface area contributed by atoms with Crippen molar-refractivity contribution in [3.63, 3.8) is 0 Å². The minimum absolute atomic E-state index is 0.0928. The number of aryl methyl sites for hydroxylation is 2. The van der Waals surface area contributed by atoms with Crippen LogP contribution >= 0.6 is 0 Å². The number of aliphatic hydroxyl groups is 1. The normalized spacial score (nSPS) is 21.7. The molecule has 4 atom stereocenters. The maximum Gasteiger partial charge on any atom is 0.318 e. The van der Waals surface area contributed by atoms with E-state index in [0.717, 1.165) is 0 Å². The Morgan fingerprint density at radius 2 is 1.63 bits per heavy atom. The van der Waals surface area contributed by atoms with E-state index in [4.69, 9.17) is 18.4 Å². The fourth-order valence-corrected chi connectivity index (χ4v) is 4.96. The zero-order valence-corrected chi connectivity index (χ0v) is 26.1. The van der Waals surface area contributed by atoms with Gasteiger partial charge in [0.2, 0.25) is 5.91 Å². The van der Waals surface area contributed by atoms with Gasteiger partial charge in [-0.15, -0.1) is 0 Å². The fraction of sp³-hybridized carbons (Fsp3) is 0.432. The van der Waals surface area contributed by atoms with Crippen molar-refractivity contribution >= 4 is 17.8 Å². The highest BCUT2D eigenvalue weighted by molar-refractivity contribution is 5.87. The van der Waals surface area contributed by atoms with Crippen molar-refractivity contribution < 1.29 is 44.8 Å². The molecule has 0 saturated carbocycles. The summed E-state index contributed by atoms with van der Waals surface area (Å²) in [7, 11) is 0. The highest BCUT2D eigenvalue weighted by Crippen LogP contribution is 2.22. The first kappa shape index (κ1) is 19.3. The van der Waals surface area contributed by atoms with Crippen LogP contribution in [-0.2, 0) is 22.3 Å². The third kappa shape index (κ3) is 9.81. The second kappa shape index (κ2) is 16.8. The summed E-state index contributed by atoms with van der Waals surface area (Å²) in [5.41, 5.74) is -0.985. The molecule has 246 valence electrons. The van der Waals surface area contributed by atoms with Crippen molar-refractivity contribution in [2.75, 3.05) is 19.7 Å². The molecule has 4 rings (SSSR count). The van der Waals surface area contributed by atoms with E-state index in [-0.39, 0.29) is 12.3 Å². The fourth-order valence-electron chi connectivity index (χ4n) is 4.96. The Balaban J connectivity index is 1.94. The van der Waals surface area contributed by atoms with Crippen molar-refractivity contribution in [2.45, 2.75) is 77.5 Å². The smallest absolute Gasteiger partial charge is 0.318 e. The number of hydrogen-bond donors (Lipinski definition) is 4. The molecule has 0 bridgehead atoms. The Kier molecular flexibility index (Phi) is 7.06. The van der Waals surface area contributed by atoms with Crippen LogP contribution in [0.25, 0.3) is 0 Å². The van der Waals surface area contributed by atoms with Gasteiger partial charge in [-0.2, -0.15) is 0 Å². The molecular weight excluding hydrogens is 580 g/mol. The number of para-hydroxylation sites is 1. The lowest BCUT2D eigenvalue weighted by molar-refractivity contribution is -0.128. The minimum Gasteiger partial charge on any atom is -0.483 e. The summed E-state index contributed by atoms with van der Waals surface area (Å²) in [6.45, 7) is 6.00. The molecule has 0 aromatic heterocycles. The van der Waals surface area contributed by atoms with Crippen LogP contribution in [-0.4, -0.2) is 71.8 Å². The molecule has 1 aliphatic heterocycles. The molecule has 0 spiro atoms. The molecule has 1 heterocycles. The van der Waals surface area contributed by atoms with Crippen molar-refractivity contribution in [1.29, 1.82) is 0 Å². The Bertz CT molecular complexity index is 2130. The molecule has 0 radical (unpaired) electrons. The number of ether oxygens (including phenoxy) is 1. The van der Waals surface area contributed by atoms with Crippen LogP contribution < -0.4 is 20.7 Å². The van der Waals surface area contributed by atoms with Crippen molar-refractivity contribution in [3.05, 3.63) is 101 Å². The van der Waals surface area contributed by atoms with Crippen LogP contribution in [0, 0.1) is 19.8 Å². The number of carbonyl (C=O) groups is 3. The van der Waals surface area contributed by atoms with Gasteiger partial charge >= 0.3 is 6.03 Å². The number of carbonyl (C=O) groups excluding carboxylic acids is 3. The van der Waals surface area contributed by atoms with Crippen molar-refractivity contribution in [3.8, 4) is 5.75 Å². The lowest BCUT2D eigenvalue weighted by Gasteiger charge is -2.37. The van der Waals surface area contributed by atoms with Gasteiger partial charge in [0.25, 0.3) is 5.91 Å². The highest BCUT2D eigenvalue weighted by Gasteiger charge is 2.35. The summed E-state index contributed by atoms with van der Waals surface area (Å²) in [4.78, 5) is 42.1. The lowest BCUT2D eigenvalue weighted by atomic mass is 9.92. The first-order valence-electron chi connectivity index (χ1n) is 22.3. The minimum atomic E-state index is -3.65. The number of nitrogens with one attached hydrogen (secondary N) is 3. The molecular formula is C37H48N4O5. The summed E-state index contributed by atoms with van der Waals surface area (Å²) in [5, 5.41) is 19.2. The maximum absolute atomic E-state index is 14.3. The third-order valence-electron chi connectivity index (χ3n) is 7.07. The molecule has 1 aliphatic rings. The number of hydrogen-bond acceptors (Lipinski definition) is 5. The zero-order chi connectivity index (χ0) is 46.3. The van der Waals surface area contributed by atoms with Gasteiger partial charge in [-0.05, 0) is 67.6 Å². The van der Waals surface area contributed by atoms with E-state index in [1.165, 1.54) is 4.90 Å². The van der Waals surface area contributed by atoms with E-state index in [1.807, 2.05) is 5.32 Å². The van der Waals surface area contributed by atoms with Gasteiger partial charge in [0, 0.05) is 24.6 Å². The Hall–Kier alpha value is -4.37. The average molecular weight is 644 g/mol. The van der Waals surface area contributed by atoms with E-state index < -0.39 is 145 Å². The second-order valence-corrected chi connectivity index (χ2v) is 11.0. The Morgan fingerprint density at radius 3 is 2.22 bits per heavy atom.